The molecule has 35 heavy (non-hydrogen) atoms. The van der Waals surface area contributed by atoms with Gasteiger partial charge in [-0.25, -0.2) is 23.1 Å². The van der Waals surface area contributed by atoms with Gasteiger partial charge in [-0.05, 0) is 79.5 Å². The van der Waals surface area contributed by atoms with Crippen molar-refractivity contribution in [2.45, 2.75) is 44.9 Å². The van der Waals surface area contributed by atoms with E-state index in [1.165, 1.54) is 12.1 Å². The predicted octanol–water partition coefficient (Wildman–Crippen LogP) is 5.08. The largest absolute Gasteiger partial charge is 0.332 e. The van der Waals surface area contributed by atoms with Crippen molar-refractivity contribution >= 4 is 60.8 Å². The Bertz CT molecular complexity index is 1370. The van der Waals surface area contributed by atoms with Gasteiger partial charge in [-0.2, -0.15) is 0 Å². The number of aromatic nitrogens is 2. The zero-order valence-electron chi connectivity index (χ0n) is 19.9. The van der Waals surface area contributed by atoms with Gasteiger partial charge >= 0.3 is 0 Å². The smallest absolute Gasteiger partial charge is 0.264 e. The minimum absolute atomic E-state index is 0.00996. The number of nitrogens with one attached hydrogen (secondary N) is 3. The number of hydrogen-bond acceptors (Lipinski definition) is 6. The minimum atomic E-state index is -3.88. The highest BCUT2D eigenvalue weighted by molar-refractivity contribution is 9.10. The molecule has 3 N–H and O–H groups in total. The van der Waals surface area contributed by atoms with Crippen LogP contribution in [-0.2, 0) is 15.4 Å². The van der Waals surface area contributed by atoms with E-state index in [1.54, 1.807) is 44.2 Å². The third-order valence-corrected chi connectivity index (χ3v) is 7.10. The molecule has 8 nitrogen and oxygen atoms in total. The van der Waals surface area contributed by atoms with E-state index in [-0.39, 0.29) is 27.3 Å². The fourth-order valence-electron chi connectivity index (χ4n) is 3.27. The van der Waals surface area contributed by atoms with Crippen molar-refractivity contribution in [3.05, 3.63) is 75.5 Å². The van der Waals surface area contributed by atoms with Crippen LogP contribution in [0.3, 0.4) is 0 Å². The summed E-state index contributed by atoms with van der Waals surface area (Å²) in [5.41, 5.74) is 3.30. The number of aryl methyl sites for hydroxylation is 2. The molecule has 0 spiro atoms. The standard InChI is InChI=1S/C24H26BrN5O3S2/c1-14-12-15(2)27-22(26-14)30-35(32,33)18-9-7-17(8-10-18)28-23(34)29-21(31)16-6-11-19(20(25)13-16)24(3,4)5/h6-13H,1-5H3,(H,26,27,30)(H2,28,29,31,34). The molecule has 3 rings (SSSR count). The summed E-state index contributed by atoms with van der Waals surface area (Å²) in [6.07, 6.45) is 0. The predicted molar refractivity (Wildman–Crippen MR) is 145 cm³/mol. The van der Waals surface area contributed by atoms with Crippen molar-refractivity contribution in [1.82, 2.24) is 15.3 Å². The van der Waals surface area contributed by atoms with Crippen LogP contribution in [0.25, 0.3) is 0 Å². The highest BCUT2D eigenvalue weighted by Crippen LogP contribution is 2.30. The maximum atomic E-state index is 12.7. The fourth-order valence-corrected chi connectivity index (χ4v) is 5.40. The van der Waals surface area contributed by atoms with Gasteiger partial charge in [0.15, 0.2) is 5.11 Å². The van der Waals surface area contributed by atoms with Gasteiger partial charge in [-0.3, -0.25) is 10.1 Å². The number of sulfonamides is 1. The monoisotopic (exact) mass is 575 g/mol. The molecule has 3 aromatic rings. The molecule has 0 aliphatic carbocycles. The van der Waals surface area contributed by atoms with E-state index in [0.717, 1.165) is 10.0 Å². The van der Waals surface area contributed by atoms with Crippen molar-refractivity contribution in [2.75, 3.05) is 10.0 Å². The Morgan fingerprint density at radius 1 is 0.971 bits per heavy atom. The number of amides is 1. The summed E-state index contributed by atoms with van der Waals surface area (Å²) in [6, 6.07) is 13.1. The summed E-state index contributed by atoms with van der Waals surface area (Å²) >= 11 is 8.78. The number of hydrogen-bond donors (Lipinski definition) is 3. The van der Waals surface area contributed by atoms with Gasteiger partial charge in [-0.1, -0.05) is 42.8 Å². The van der Waals surface area contributed by atoms with Gasteiger partial charge in [0.25, 0.3) is 15.9 Å². The van der Waals surface area contributed by atoms with Crippen LogP contribution in [-0.4, -0.2) is 29.4 Å². The number of benzene rings is 2. The first-order chi connectivity index (χ1) is 16.2. The van der Waals surface area contributed by atoms with E-state index >= 15 is 0 Å². The molecule has 1 aromatic heterocycles. The SMILES string of the molecule is Cc1cc(C)nc(NS(=O)(=O)c2ccc(NC(=S)NC(=O)c3ccc(C(C)(C)C)c(Br)c3)cc2)n1. The number of thiocarbonyl (C=S) groups is 1. The first kappa shape index (κ1) is 26.7. The number of anilines is 2. The van der Waals surface area contributed by atoms with Crippen LogP contribution in [0, 0.1) is 13.8 Å². The molecule has 1 amide bonds. The topological polar surface area (TPSA) is 113 Å². The normalized spacial score (nSPS) is 11.6. The van der Waals surface area contributed by atoms with Crippen LogP contribution in [0.5, 0.6) is 0 Å². The Balaban J connectivity index is 1.64. The molecular weight excluding hydrogens is 550 g/mol. The molecule has 0 saturated carbocycles. The molecule has 0 aliphatic heterocycles. The quantitative estimate of drug-likeness (QED) is 0.363. The highest BCUT2D eigenvalue weighted by atomic mass is 79.9. The maximum absolute atomic E-state index is 12.7. The number of carbonyl (C=O) groups excluding carboxylic acids is 1. The van der Waals surface area contributed by atoms with Gasteiger partial charge < -0.3 is 5.32 Å². The lowest BCUT2D eigenvalue weighted by Gasteiger charge is -2.21. The van der Waals surface area contributed by atoms with E-state index in [1.807, 2.05) is 6.07 Å². The van der Waals surface area contributed by atoms with Crippen LogP contribution >= 0.6 is 28.1 Å². The zero-order chi connectivity index (χ0) is 26.0. The number of carbonyl (C=O) groups is 1. The fraction of sp³-hybridized carbons (Fsp3) is 0.250. The molecule has 0 aliphatic rings. The van der Waals surface area contributed by atoms with Crippen LogP contribution in [0.15, 0.2) is 57.9 Å². The molecule has 0 saturated heterocycles. The summed E-state index contributed by atoms with van der Waals surface area (Å²) in [5, 5.41) is 5.60. The van der Waals surface area contributed by atoms with E-state index in [2.05, 4.69) is 62.0 Å². The van der Waals surface area contributed by atoms with Gasteiger partial charge in [0.2, 0.25) is 5.95 Å². The molecule has 1 heterocycles. The summed E-state index contributed by atoms with van der Waals surface area (Å²) in [5.74, 6) is -0.351. The number of nitrogens with zero attached hydrogens (tertiary/aromatic N) is 2. The highest BCUT2D eigenvalue weighted by Gasteiger charge is 2.19. The lowest BCUT2D eigenvalue weighted by molar-refractivity contribution is 0.0977. The summed E-state index contributed by atoms with van der Waals surface area (Å²) < 4.78 is 28.6. The van der Waals surface area contributed by atoms with Crippen LogP contribution in [0.4, 0.5) is 11.6 Å². The van der Waals surface area contributed by atoms with Gasteiger partial charge in [0.05, 0.1) is 4.90 Å². The Morgan fingerprint density at radius 2 is 1.57 bits per heavy atom. The molecule has 184 valence electrons. The van der Waals surface area contributed by atoms with E-state index in [4.69, 9.17) is 12.2 Å². The maximum Gasteiger partial charge on any atom is 0.264 e. The third-order valence-electron chi connectivity index (χ3n) is 4.90. The first-order valence-corrected chi connectivity index (χ1v) is 13.3. The third kappa shape index (κ3) is 7.06. The molecule has 11 heteroatoms. The Kier molecular flexibility index (Phi) is 7.93. The molecule has 0 unspecified atom stereocenters. The second-order valence-corrected chi connectivity index (χ2v) is 11.9. The lowest BCUT2D eigenvalue weighted by Crippen LogP contribution is -2.34. The van der Waals surface area contributed by atoms with Crippen molar-refractivity contribution in [1.29, 1.82) is 0 Å². The second kappa shape index (κ2) is 10.4. The Hall–Kier alpha value is -2.89. The van der Waals surface area contributed by atoms with Gasteiger partial charge in [0, 0.05) is 27.1 Å². The summed E-state index contributed by atoms with van der Waals surface area (Å²) in [7, 11) is -3.88. The van der Waals surface area contributed by atoms with Gasteiger partial charge in [-0.15, -0.1) is 0 Å². The van der Waals surface area contributed by atoms with Crippen molar-refractivity contribution in [2.24, 2.45) is 0 Å². The van der Waals surface area contributed by atoms with Crippen molar-refractivity contribution in [3.8, 4) is 0 Å². The Morgan fingerprint density at radius 3 is 2.11 bits per heavy atom. The average Bonchev–Trinajstić information content (AvgIpc) is 2.72. The summed E-state index contributed by atoms with van der Waals surface area (Å²) in [6.45, 7) is 9.80. The minimum Gasteiger partial charge on any atom is -0.332 e. The Labute approximate surface area is 219 Å². The number of rotatable bonds is 5. The molecule has 0 fully saturated rings. The molecule has 0 bridgehead atoms. The van der Waals surface area contributed by atoms with Crippen molar-refractivity contribution < 1.29 is 13.2 Å². The molecule has 2 aromatic carbocycles. The summed E-state index contributed by atoms with van der Waals surface area (Å²) in [4.78, 5) is 20.8. The molecule has 0 radical (unpaired) electrons. The second-order valence-electron chi connectivity index (χ2n) is 8.96. The van der Waals surface area contributed by atoms with E-state index in [9.17, 15) is 13.2 Å². The van der Waals surface area contributed by atoms with E-state index < -0.39 is 10.0 Å². The zero-order valence-corrected chi connectivity index (χ0v) is 23.2. The van der Waals surface area contributed by atoms with Crippen molar-refractivity contribution in [3.63, 3.8) is 0 Å². The molecular formula is C24H26BrN5O3S2. The van der Waals surface area contributed by atoms with Crippen LogP contribution in [0.1, 0.15) is 48.1 Å². The van der Waals surface area contributed by atoms with Crippen LogP contribution in [0.2, 0.25) is 0 Å². The number of halogens is 1. The molecule has 0 atom stereocenters. The first-order valence-electron chi connectivity index (χ1n) is 10.6. The van der Waals surface area contributed by atoms with Crippen LogP contribution < -0.4 is 15.4 Å². The van der Waals surface area contributed by atoms with E-state index in [0.29, 0.717) is 22.6 Å². The van der Waals surface area contributed by atoms with Gasteiger partial charge in [0.1, 0.15) is 0 Å². The lowest BCUT2D eigenvalue weighted by atomic mass is 9.86. The average molecular weight is 577 g/mol.